The minimum Gasteiger partial charge on any atom is -0.314 e. The molecule has 0 heterocycles. The molecule has 0 amide bonds. The summed E-state index contributed by atoms with van der Waals surface area (Å²) in [5.74, 6) is 0. The second-order valence-corrected chi connectivity index (χ2v) is 6.87. The maximum absolute atomic E-state index is 3.74. The minimum absolute atomic E-state index is 0.104. The zero-order chi connectivity index (χ0) is 16.0. The number of allylic oxidation sites excluding steroid dienone is 5. The normalized spacial score (nSPS) is 17.3. The molecule has 0 aromatic carbocycles. The lowest BCUT2D eigenvalue weighted by Crippen LogP contribution is -2.58. The topological polar surface area (TPSA) is 12.0 Å². The van der Waals surface area contributed by atoms with E-state index in [1.807, 2.05) is 12.2 Å². The van der Waals surface area contributed by atoms with E-state index in [9.17, 15) is 0 Å². The van der Waals surface area contributed by atoms with Crippen molar-refractivity contribution in [3.63, 3.8) is 0 Å². The van der Waals surface area contributed by atoms with Crippen molar-refractivity contribution >= 4 is 0 Å². The highest BCUT2D eigenvalue weighted by Crippen LogP contribution is 2.52. The number of rotatable bonds is 8. The van der Waals surface area contributed by atoms with Gasteiger partial charge in [-0.05, 0) is 44.6 Å². The van der Waals surface area contributed by atoms with Gasteiger partial charge in [-0.3, -0.25) is 0 Å². The highest BCUT2D eigenvalue weighted by molar-refractivity contribution is 5.22. The molecule has 1 nitrogen and oxygen atoms in total. The molecular weight excluding hydrogens is 242 g/mol. The summed E-state index contributed by atoms with van der Waals surface area (Å²) < 4.78 is 0. The summed E-state index contributed by atoms with van der Waals surface area (Å²) >= 11 is 0. The third-order valence-corrected chi connectivity index (χ3v) is 5.96. The first kappa shape index (κ1) is 19.2. The molecule has 0 aliphatic rings. The van der Waals surface area contributed by atoms with Crippen molar-refractivity contribution in [2.24, 2.45) is 10.8 Å². The largest absolute Gasteiger partial charge is 0.314 e. The Morgan fingerprint density at radius 1 is 1.15 bits per heavy atom. The van der Waals surface area contributed by atoms with E-state index in [0.717, 1.165) is 12.8 Å². The predicted molar refractivity (Wildman–Crippen MR) is 93.0 cm³/mol. The van der Waals surface area contributed by atoms with Gasteiger partial charge in [-0.2, -0.15) is 0 Å². The Labute approximate surface area is 127 Å². The van der Waals surface area contributed by atoms with Gasteiger partial charge in [0.2, 0.25) is 0 Å². The molecule has 116 valence electrons. The van der Waals surface area contributed by atoms with Crippen LogP contribution in [0.5, 0.6) is 0 Å². The van der Waals surface area contributed by atoms with Crippen LogP contribution in [0.4, 0.5) is 0 Å². The standard InChI is InChI=1S/C19H35N/c1-10-13-14-15-16(11-2)17(4,5)18(6,7)19(8,12-3)20-9/h10-11,13-14,20H,1,12,15H2,2-9H3/b14-13-,16-11+. The average molecular weight is 277 g/mol. The van der Waals surface area contributed by atoms with E-state index in [2.05, 4.69) is 79.6 Å². The first-order valence-electron chi connectivity index (χ1n) is 7.76. The Balaban J connectivity index is 5.56. The van der Waals surface area contributed by atoms with Crippen LogP contribution in [0.25, 0.3) is 0 Å². The number of nitrogens with one attached hydrogen (secondary N) is 1. The average Bonchev–Trinajstić information content (AvgIpc) is 2.41. The Morgan fingerprint density at radius 3 is 2.05 bits per heavy atom. The Kier molecular flexibility index (Phi) is 6.97. The molecule has 20 heavy (non-hydrogen) atoms. The number of hydrogen-bond donors (Lipinski definition) is 1. The summed E-state index contributed by atoms with van der Waals surface area (Å²) in [6, 6.07) is 0. The van der Waals surface area contributed by atoms with Crippen molar-refractivity contribution in [3.8, 4) is 0 Å². The highest BCUT2D eigenvalue weighted by Gasteiger charge is 2.49. The summed E-state index contributed by atoms with van der Waals surface area (Å²) in [6.45, 7) is 20.0. The van der Waals surface area contributed by atoms with Crippen LogP contribution in [0.2, 0.25) is 0 Å². The van der Waals surface area contributed by atoms with Crippen molar-refractivity contribution < 1.29 is 0 Å². The van der Waals surface area contributed by atoms with E-state index >= 15 is 0 Å². The molecule has 0 radical (unpaired) electrons. The molecule has 0 aromatic heterocycles. The molecule has 0 aliphatic heterocycles. The van der Waals surface area contributed by atoms with Crippen LogP contribution in [0.15, 0.2) is 36.5 Å². The van der Waals surface area contributed by atoms with Gasteiger partial charge in [-0.15, -0.1) is 0 Å². The van der Waals surface area contributed by atoms with Gasteiger partial charge in [0.15, 0.2) is 0 Å². The lowest BCUT2D eigenvalue weighted by Gasteiger charge is -2.54. The van der Waals surface area contributed by atoms with Crippen LogP contribution >= 0.6 is 0 Å². The second-order valence-electron chi connectivity index (χ2n) is 6.87. The summed E-state index contributed by atoms with van der Waals surface area (Å²) in [5, 5.41) is 3.56. The van der Waals surface area contributed by atoms with Gasteiger partial charge >= 0.3 is 0 Å². The van der Waals surface area contributed by atoms with Gasteiger partial charge in [0, 0.05) is 5.54 Å². The SMILES string of the molecule is C=C/C=C\C/C(=C\C)C(C)(C)C(C)(C)C(C)(CC)NC. The van der Waals surface area contributed by atoms with Crippen LogP contribution in [-0.2, 0) is 0 Å². The molecule has 0 spiro atoms. The molecule has 0 rings (SSSR count). The molecule has 0 aliphatic carbocycles. The Morgan fingerprint density at radius 2 is 1.70 bits per heavy atom. The molecule has 0 saturated carbocycles. The van der Waals surface area contributed by atoms with Crippen molar-refractivity contribution in [3.05, 3.63) is 36.5 Å². The van der Waals surface area contributed by atoms with E-state index in [1.165, 1.54) is 5.57 Å². The molecule has 0 saturated heterocycles. The number of hydrogen-bond acceptors (Lipinski definition) is 1. The summed E-state index contributed by atoms with van der Waals surface area (Å²) in [7, 11) is 2.08. The van der Waals surface area contributed by atoms with Gasteiger partial charge in [0.05, 0.1) is 0 Å². The Hall–Kier alpha value is -0.820. The van der Waals surface area contributed by atoms with E-state index < -0.39 is 0 Å². The fourth-order valence-electron chi connectivity index (χ4n) is 3.05. The quantitative estimate of drug-likeness (QED) is 0.456. The summed E-state index contributed by atoms with van der Waals surface area (Å²) in [6.07, 6.45) is 10.4. The van der Waals surface area contributed by atoms with Gasteiger partial charge in [0.25, 0.3) is 0 Å². The van der Waals surface area contributed by atoms with E-state index in [-0.39, 0.29) is 16.4 Å². The van der Waals surface area contributed by atoms with Crippen LogP contribution in [0, 0.1) is 10.8 Å². The van der Waals surface area contributed by atoms with Crippen molar-refractivity contribution in [2.75, 3.05) is 7.05 Å². The van der Waals surface area contributed by atoms with Crippen LogP contribution in [0.1, 0.15) is 61.3 Å². The monoisotopic (exact) mass is 277 g/mol. The third-order valence-electron chi connectivity index (χ3n) is 5.96. The molecule has 1 N–H and O–H groups in total. The van der Waals surface area contributed by atoms with Crippen molar-refractivity contribution in [2.45, 2.75) is 66.8 Å². The zero-order valence-electron chi connectivity index (χ0n) is 14.9. The van der Waals surface area contributed by atoms with E-state index in [4.69, 9.17) is 0 Å². The zero-order valence-corrected chi connectivity index (χ0v) is 14.9. The Bertz CT molecular complexity index is 365. The lowest BCUT2D eigenvalue weighted by molar-refractivity contribution is 0.0288. The molecule has 0 fully saturated rings. The highest BCUT2D eigenvalue weighted by atomic mass is 15.0. The first-order chi connectivity index (χ1) is 9.14. The van der Waals surface area contributed by atoms with E-state index in [0.29, 0.717) is 0 Å². The molecule has 1 heteroatoms. The lowest BCUT2D eigenvalue weighted by atomic mass is 9.54. The fraction of sp³-hybridized carbons (Fsp3) is 0.684. The predicted octanol–water partition coefficient (Wildman–Crippen LogP) is 5.51. The van der Waals surface area contributed by atoms with Crippen molar-refractivity contribution in [1.29, 1.82) is 0 Å². The van der Waals surface area contributed by atoms with Gasteiger partial charge in [-0.25, -0.2) is 0 Å². The van der Waals surface area contributed by atoms with Gasteiger partial charge in [0.1, 0.15) is 0 Å². The molecule has 0 bridgehead atoms. The second kappa shape index (κ2) is 7.26. The smallest absolute Gasteiger partial charge is 0.0206 e. The molecular formula is C19H35N. The van der Waals surface area contributed by atoms with Crippen LogP contribution < -0.4 is 5.32 Å². The van der Waals surface area contributed by atoms with Crippen molar-refractivity contribution in [1.82, 2.24) is 5.32 Å². The minimum atomic E-state index is 0.104. The van der Waals surface area contributed by atoms with Crippen LogP contribution in [0.3, 0.4) is 0 Å². The maximum Gasteiger partial charge on any atom is 0.0206 e. The van der Waals surface area contributed by atoms with Gasteiger partial charge in [-0.1, -0.05) is 71.1 Å². The first-order valence-corrected chi connectivity index (χ1v) is 7.76. The van der Waals surface area contributed by atoms with E-state index in [1.54, 1.807) is 0 Å². The third kappa shape index (κ3) is 3.44. The molecule has 1 unspecified atom stereocenters. The van der Waals surface area contributed by atoms with Gasteiger partial charge < -0.3 is 5.32 Å². The maximum atomic E-state index is 3.74. The molecule has 1 atom stereocenters. The summed E-state index contributed by atoms with van der Waals surface area (Å²) in [5.41, 5.74) is 1.83. The fourth-order valence-corrected chi connectivity index (χ4v) is 3.05. The summed E-state index contributed by atoms with van der Waals surface area (Å²) in [4.78, 5) is 0. The molecule has 0 aromatic rings. The van der Waals surface area contributed by atoms with Crippen LogP contribution in [-0.4, -0.2) is 12.6 Å².